The largest absolute Gasteiger partial charge is 0.388 e. The Hall–Kier alpha value is -0.800. The van der Waals surface area contributed by atoms with E-state index in [1.165, 1.54) is 18.6 Å². The van der Waals surface area contributed by atoms with Gasteiger partial charge in [0.05, 0.1) is 11.3 Å². The molecular weight excluding hydrogens is 241 g/mol. The molecule has 0 aromatic heterocycles. The number of anilines is 1. The first-order chi connectivity index (χ1) is 8.09. The molecule has 0 amide bonds. The highest BCUT2D eigenvalue weighted by molar-refractivity contribution is 6.30. The summed E-state index contributed by atoms with van der Waals surface area (Å²) in [4.78, 5) is 0. The number of aliphatic hydroxyl groups is 1. The van der Waals surface area contributed by atoms with Crippen LogP contribution in [0.5, 0.6) is 0 Å². The average molecular weight is 258 g/mol. The summed E-state index contributed by atoms with van der Waals surface area (Å²) in [5.41, 5.74) is -0.344. The van der Waals surface area contributed by atoms with E-state index < -0.39 is 5.60 Å². The summed E-state index contributed by atoms with van der Waals surface area (Å²) in [7, 11) is 0. The second-order valence-corrected chi connectivity index (χ2v) is 5.20. The van der Waals surface area contributed by atoms with Crippen LogP contribution in [0.15, 0.2) is 18.2 Å². The van der Waals surface area contributed by atoms with Crippen LogP contribution in [0.25, 0.3) is 0 Å². The highest BCUT2D eigenvalue weighted by atomic mass is 35.5. The van der Waals surface area contributed by atoms with Crippen molar-refractivity contribution in [1.82, 2.24) is 0 Å². The van der Waals surface area contributed by atoms with Gasteiger partial charge in [-0.3, -0.25) is 0 Å². The third-order valence-electron chi connectivity index (χ3n) is 3.32. The molecular formula is C13H17ClFNO. The molecule has 17 heavy (non-hydrogen) atoms. The van der Waals surface area contributed by atoms with Gasteiger partial charge in [-0.15, -0.1) is 0 Å². The lowest BCUT2D eigenvalue weighted by Gasteiger charge is -2.32. The van der Waals surface area contributed by atoms with Crippen molar-refractivity contribution in [2.45, 2.75) is 37.7 Å². The van der Waals surface area contributed by atoms with Crippen molar-refractivity contribution in [1.29, 1.82) is 0 Å². The second kappa shape index (κ2) is 5.23. The SMILES string of the molecule is OC1(CNc2cc(Cl)ccc2F)CCCCC1. The molecule has 0 aliphatic heterocycles. The number of hydrogen-bond acceptors (Lipinski definition) is 2. The van der Waals surface area contributed by atoms with Crippen LogP contribution in [-0.2, 0) is 0 Å². The van der Waals surface area contributed by atoms with Gasteiger partial charge in [0.15, 0.2) is 0 Å². The van der Waals surface area contributed by atoms with Gasteiger partial charge >= 0.3 is 0 Å². The lowest BCUT2D eigenvalue weighted by Crippen LogP contribution is -2.38. The van der Waals surface area contributed by atoms with Gasteiger partial charge in [0, 0.05) is 11.6 Å². The minimum absolute atomic E-state index is 0.339. The summed E-state index contributed by atoms with van der Waals surface area (Å²) >= 11 is 5.80. The molecule has 0 bridgehead atoms. The minimum Gasteiger partial charge on any atom is -0.388 e. The Bertz CT molecular complexity index is 391. The van der Waals surface area contributed by atoms with Gasteiger partial charge in [0.1, 0.15) is 5.82 Å². The Morgan fingerprint density at radius 2 is 2.00 bits per heavy atom. The lowest BCUT2D eigenvalue weighted by molar-refractivity contribution is 0.0167. The molecule has 2 nitrogen and oxygen atoms in total. The number of rotatable bonds is 3. The molecule has 0 saturated heterocycles. The Kier molecular flexibility index (Phi) is 3.89. The van der Waals surface area contributed by atoms with E-state index in [4.69, 9.17) is 11.6 Å². The fourth-order valence-corrected chi connectivity index (χ4v) is 2.45. The molecule has 0 radical (unpaired) electrons. The van der Waals surface area contributed by atoms with Crippen molar-refractivity contribution in [3.05, 3.63) is 29.0 Å². The highest BCUT2D eigenvalue weighted by Crippen LogP contribution is 2.29. The van der Waals surface area contributed by atoms with E-state index in [1.54, 1.807) is 6.07 Å². The smallest absolute Gasteiger partial charge is 0.146 e. The molecule has 0 spiro atoms. The van der Waals surface area contributed by atoms with Crippen LogP contribution in [0.2, 0.25) is 5.02 Å². The van der Waals surface area contributed by atoms with Crippen LogP contribution < -0.4 is 5.32 Å². The number of benzene rings is 1. The zero-order valence-electron chi connectivity index (χ0n) is 9.68. The molecule has 1 aromatic carbocycles. The Labute approximate surface area is 106 Å². The lowest BCUT2D eigenvalue weighted by atomic mass is 9.85. The van der Waals surface area contributed by atoms with E-state index in [9.17, 15) is 9.50 Å². The third kappa shape index (κ3) is 3.33. The molecule has 1 aliphatic carbocycles. The molecule has 0 unspecified atom stereocenters. The quantitative estimate of drug-likeness (QED) is 0.867. The highest BCUT2D eigenvalue weighted by Gasteiger charge is 2.28. The van der Waals surface area contributed by atoms with Gasteiger partial charge in [-0.1, -0.05) is 30.9 Å². The summed E-state index contributed by atoms with van der Waals surface area (Å²) in [6.45, 7) is 0.379. The molecule has 4 heteroatoms. The van der Waals surface area contributed by atoms with Crippen molar-refractivity contribution in [3.63, 3.8) is 0 Å². The van der Waals surface area contributed by atoms with Gasteiger partial charge in [-0.25, -0.2) is 4.39 Å². The van der Waals surface area contributed by atoms with E-state index in [2.05, 4.69) is 5.32 Å². The van der Waals surface area contributed by atoms with Crippen molar-refractivity contribution in [2.24, 2.45) is 0 Å². The first-order valence-corrected chi connectivity index (χ1v) is 6.38. The second-order valence-electron chi connectivity index (χ2n) is 4.76. The summed E-state index contributed by atoms with van der Waals surface area (Å²) in [6, 6.07) is 4.38. The number of hydrogen-bond donors (Lipinski definition) is 2. The molecule has 0 heterocycles. The van der Waals surface area contributed by atoms with Crippen molar-refractivity contribution in [2.75, 3.05) is 11.9 Å². The standard InChI is InChI=1S/C13H17ClFNO/c14-10-4-5-11(15)12(8-10)16-9-13(17)6-2-1-3-7-13/h4-5,8,16-17H,1-3,6-7,9H2. The zero-order chi connectivity index (χ0) is 12.3. The van der Waals surface area contributed by atoms with Crippen LogP contribution in [0, 0.1) is 5.82 Å². The van der Waals surface area contributed by atoms with Gasteiger partial charge in [0.25, 0.3) is 0 Å². The fourth-order valence-electron chi connectivity index (χ4n) is 2.28. The number of nitrogens with one attached hydrogen (secondary N) is 1. The summed E-state index contributed by atoms with van der Waals surface area (Å²) in [5, 5.41) is 13.7. The molecule has 0 atom stereocenters. The molecule has 2 N–H and O–H groups in total. The van der Waals surface area contributed by atoms with E-state index in [-0.39, 0.29) is 5.82 Å². The predicted octanol–water partition coefficient (Wildman–Crippen LogP) is 3.59. The van der Waals surface area contributed by atoms with Crippen LogP contribution in [0.1, 0.15) is 32.1 Å². The molecule has 94 valence electrons. The van der Waals surface area contributed by atoms with E-state index in [1.807, 2.05) is 0 Å². The van der Waals surface area contributed by atoms with E-state index >= 15 is 0 Å². The Morgan fingerprint density at radius 3 is 2.71 bits per heavy atom. The average Bonchev–Trinajstić information content (AvgIpc) is 2.31. The third-order valence-corrected chi connectivity index (χ3v) is 3.56. The minimum atomic E-state index is -0.701. The molecule has 1 aromatic rings. The first-order valence-electron chi connectivity index (χ1n) is 6.00. The van der Waals surface area contributed by atoms with Crippen molar-refractivity contribution >= 4 is 17.3 Å². The molecule has 1 fully saturated rings. The van der Waals surface area contributed by atoms with Crippen LogP contribution in [-0.4, -0.2) is 17.3 Å². The van der Waals surface area contributed by atoms with Crippen LogP contribution in [0.3, 0.4) is 0 Å². The van der Waals surface area contributed by atoms with Gasteiger partial charge in [-0.2, -0.15) is 0 Å². The maximum absolute atomic E-state index is 13.4. The van der Waals surface area contributed by atoms with Crippen molar-refractivity contribution < 1.29 is 9.50 Å². The number of halogens is 2. The normalized spacial score (nSPS) is 19.0. The fraction of sp³-hybridized carbons (Fsp3) is 0.538. The van der Waals surface area contributed by atoms with E-state index in [0.29, 0.717) is 17.3 Å². The molecule has 1 aliphatic rings. The summed E-state index contributed by atoms with van der Waals surface area (Å²) in [5.74, 6) is -0.339. The van der Waals surface area contributed by atoms with Crippen LogP contribution >= 0.6 is 11.6 Å². The Balaban J connectivity index is 1.99. The maximum atomic E-state index is 13.4. The Morgan fingerprint density at radius 1 is 1.29 bits per heavy atom. The van der Waals surface area contributed by atoms with Crippen molar-refractivity contribution in [3.8, 4) is 0 Å². The maximum Gasteiger partial charge on any atom is 0.146 e. The van der Waals surface area contributed by atoms with Crippen LogP contribution in [0.4, 0.5) is 10.1 Å². The van der Waals surface area contributed by atoms with E-state index in [0.717, 1.165) is 25.7 Å². The predicted molar refractivity (Wildman–Crippen MR) is 67.9 cm³/mol. The molecule has 2 rings (SSSR count). The summed E-state index contributed by atoms with van der Waals surface area (Å²) in [6.07, 6.45) is 4.81. The van der Waals surface area contributed by atoms with Gasteiger partial charge < -0.3 is 10.4 Å². The summed E-state index contributed by atoms with van der Waals surface area (Å²) < 4.78 is 13.4. The first kappa shape index (κ1) is 12.7. The zero-order valence-corrected chi connectivity index (χ0v) is 10.4. The monoisotopic (exact) mass is 257 g/mol. The molecule has 1 saturated carbocycles. The van der Waals surface area contributed by atoms with Gasteiger partial charge in [-0.05, 0) is 31.0 Å². The topological polar surface area (TPSA) is 32.3 Å². The van der Waals surface area contributed by atoms with Gasteiger partial charge in [0.2, 0.25) is 0 Å².